The molecule has 0 radical (unpaired) electrons. The molecule has 3 nitrogen and oxygen atoms in total. The SMILES string of the molecule is C=CCOC(CC=C)C1=CC(C)(C)Nc2ccc(-c3ccccc3OC)cc21. The zero-order valence-electron chi connectivity index (χ0n) is 17.0. The summed E-state index contributed by atoms with van der Waals surface area (Å²) in [5.41, 5.74) is 5.47. The predicted octanol–water partition coefficient (Wildman–Crippen LogP) is 6.10. The Kier molecular flexibility index (Phi) is 6.05. The number of fused-ring (bicyclic) bond motifs is 1. The summed E-state index contributed by atoms with van der Waals surface area (Å²) in [6, 6.07) is 14.6. The number of rotatable bonds is 8. The van der Waals surface area contributed by atoms with E-state index in [0.29, 0.717) is 6.61 Å². The highest BCUT2D eigenvalue weighted by atomic mass is 16.5. The van der Waals surface area contributed by atoms with Crippen molar-refractivity contribution < 1.29 is 9.47 Å². The third-order valence-corrected chi connectivity index (χ3v) is 4.86. The summed E-state index contributed by atoms with van der Waals surface area (Å²) < 4.78 is 11.7. The van der Waals surface area contributed by atoms with E-state index in [1.165, 1.54) is 5.57 Å². The van der Waals surface area contributed by atoms with E-state index >= 15 is 0 Å². The molecule has 0 fully saturated rings. The molecule has 1 atom stereocenters. The summed E-state index contributed by atoms with van der Waals surface area (Å²) in [5.74, 6) is 0.864. The van der Waals surface area contributed by atoms with Gasteiger partial charge in [-0.1, -0.05) is 42.5 Å². The van der Waals surface area contributed by atoms with Crippen LogP contribution in [0.2, 0.25) is 0 Å². The molecule has 1 unspecified atom stereocenters. The lowest BCUT2D eigenvalue weighted by Gasteiger charge is -2.35. The number of hydrogen-bond donors (Lipinski definition) is 1. The minimum absolute atomic E-state index is 0.0662. The van der Waals surface area contributed by atoms with Gasteiger partial charge in [-0.25, -0.2) is 0 Å². The van der Waals surface area contributed by atoms with Crippen LogP contribution in [0.4, 0.5) is 5.69 Å². The van der Waals surface area contributed by atoms with Crippen LogP contribution in [0.15, 0.2) is 73.9 Å². The average molecular weight is 376 g/mol. The number of para-hydroxylation sites is 1. The fraction of sp³-hybridized carbons (Fsp3) is 0.280. The van der Waals surface area contributed by atoms with Gasteiger partial charge in [0.1, 0.15) is 5.75 Å². The molecule has 0 amide bonds. The summed E-state index contributed by atoms with van der Waals surface area (Å²) >= 11 is 0. The number of ether oxygens (including phenoxy) is 2. The molecule has 0 spiro atoms. The molecule has 2 aromatic carbocycles. The molecule has 0 bridgehead atoms. The van der Waals surface area contributed by atoms with Crippen LogP contribution in [-0.2, 0) is 4.74 Å². The Hall–Kier alpha value is -2.78. The van der Waals surface area contributed by atoms with Crippen LogP contribution in [0.25, 0.3) is 16.7 Å². The molecule has 146 valence electrons. The van der Waals surface area contributed by atoms with E-state index < -0.39 is 0 Å². The smallest absolute Gasteiger partial charge is 0.126 e. The zero-order valence-corrected chi connectivity index (χ0v) is 17.0. The van der Waals surface area contributed by atoms with Crippen molar-refractivity contribution in [3.8, 4) is 16.9 Å². The van der Waals surface area contributed by atoms with Crippen molar-refractivity contribution in [1.82, 2.24) is 0 Å². The molecule has 0 aromatic heterocycles. The lowest BCUT2D eigenvalue weighted by molar-refractivity contribution is 0.118. The van der Waals surface area contributed by atoms with Gasteiger partial charge in [0.25, 0.3) is 0 Å². The quantitative estimate of drug-likeness (QED) is 0.566. The van der Waals surface area contributed by atoms with Crippen molar-refractivity contribution in [2.75, 3.05) is 19.0 Å². The van der Waals surface area contributed by atoms with Crippen LogP contribution in [0.1, 0.15) is 25.8 Å². The van der Waals surface area contributed by atoms with Crippen LogP contribution in [0, 0.1) is 0 Å². The largest absolute Gasteiger partial charge is 0.496 e. The average Bonchev–Trinajstić information content (AvgIpc) is 2.69. The molecule has 0 saturated carbocycles. The van der Waals surface area contributed by atoms with Crippen LogP contribution in [-0.4, -0.2) is 25.4 Å². The van der Waals surface area contributed by atoms with Gasteiger partial charge in [-0.3, -0.25) is 0 Å². The van der Waals surface area contributed by atoms with E-state index in [1.54, 1.807) is 13.2 Å². The number of anilines is 1. The van der Waals surface area contributed by atoms with Crippen molar-refractivity contribution >= 4 is 11.3 Å². The summed E-state index contributed by atoms with van der Waals surface area (Å²) in [4.78, 5) is 0. The second kappa shape index (κ2) is 8.49. The van der Waals surface area contributed by atoms with E-state index in [2.05, 4.69) is 62.7 Å². The number of methoxy groups -OCH3 is 1. The third kappa shape index (κ3) is 4.20. The predicted molar refractivity (Wildman–Crippen MR) is 119 cm³/mol. The molecule has 3 rings (SSSR count). The first-order chi connectivity index (χ1) is 13.5. The highest BCUT2D eigenvalue weighted by molar-refractivity contribution is 5.87. The van der Waals surface area contributed by atoms with E-state index in [0.717, 1.165) is 34.5 Å². The third-order valence-electron chi connectivity index (χ3n) is 4.86. The topological polar surface area (TPSA) is 30.5 Å². The Morgan fingerprint density at radius 2 is 1.86 bits per heavy atom. The van der Waals surface area contributed by atoms with Gasteiger partial charge >= 0.3 is 0 Å². The summed E-state index contributed by atoms with van der Waals surface area (Å²) in [7, 11) is 1.70. The van der Waals surface area contributed by atoms with Gasteiger partial charge in [0.15, 0.2) is 0 Å². The Bertz CT molecular complexity index is 895. The number of hydrogen-bond acceptors (Lipinski definition) is 3. The maximum Gasteiger partial charge on any atom is 0.126 e. The molecular formula is C25H29NO2. The normalized spacial score (nSPS) is 15.6. The van der Waals surface area contributed by atoms with Gasteiger partial charge in [-0.05, 0) is 49.6 Å². The molecule has 1 N–H and O–H groups in total. The van der Waals surface area contributed by atoms with Gasteiger partial charge < -0.3 is 14.8 Å². The van der Waals surface area contributed by atoms with Crippen molar-refractivity contribution in [3.63, 3.8) is 0 Å². The minimum Gasteiger partial charge on any atom is -0.496 e. The minimum atomic E-state index is -0.161. The van der Waals surface area contributed by atoms with E-state index in [-0.39, 0.29) is 11.6 Å². The van der Waals surface area contributed by atoms with Crippen LogP contribution in [0.5, 0.6) is 5.75 Å². The summed E-state index contributed by atoms with van der Waals surface area (Å²) in [6.45, 7) is 12.5. The molecule has 2 aromatic rings. The van der Waals surface area contributed by atoms with Crippen LogP contribution in [0.3, 0.4) is 0 Å². The second-order valence-electron chi connectivity index (χ2n) is 7.54. The zero-order chi connectivity index (χ0) is 20.1. The lowest BCUT2D eigenvalue weighted by atomic mass is 9.85. The maximum absolute atomic E-state index is 6.10. The van der Waals surface area contributed by atoms with E-state index in [9.17, 15) is 0 Å². The van der Waals surface area contributed by atoms with Crippen molar-refractivity contribution in [3.05, 3.63) is 79.4 Å². The Morgan fingerprint density at radius 1 is 1.07 bits per heavy atom. The molecule has 0 aliphatic carbocycles. The van der Waals surface area contributed by atoms with Gasteiger partial charge in [-0.15, -0.1) is 13.2 Å². The number of nitrogens with one attached hydrogen (secondary N) is 1. The highest BCUT2D eigenvalue weighted by Crippen LogP contribution is 2.41. The molecular weight excluding hydrogens is 346 g/mol. The van der Waals surface area contributed by atoms with Gasteiger partial charge in [-0.2, -0.15) is 0 Å². The molecule has 3 heteroatoms. The van der Waals surface area contributed by atoms with Crippen LogP contribution >= 0.6 is 0 Å². The van der Waals surface area contributed by atoms with Gasteiger partial charge in [0.05, 0.1) is 25.4 Å². The Balaban J connectivity index is 2.11. The van der Waals surface area contributed by atoms with Crippen molar-refractivity contribution in [2.45, 2.75) is 31.9 Å². The van der Waals surface area contributed by atoms with Gasteiger partial charge in [0, 0.05) is 16.8 Å². The van der Waals surface area contributed by atoms with Crippen molar-refractivity contribution in [2.24, 2.45) is 0 Å². The fourth-order valence-electron chi connectivity index (χ4n) is 3.68. The maximum atomic E-state index is 6.10. The first-order valence-electron chi connectivity index (χ1n) is 9.61. The summed E-state index contributed by atoms with van der Waals surface area (Å²) in [5, 5.41) is 3.62. The first kappa shape index (κ1) is 20.0. The van der Waals surface area contributed by atoms with Crippen molar-refractivity contribution in [1.29, 1.82) is 0 Å². The molecule has 1 aliphatic heterocycles. The van der Waals surface area contributed by atoms with E-state index in [1.807, 2.05) is 24.3 Å². The van der Waals surface area contributed by atoms with Crippen LogP contribution < -0.4 is 10.1 Å². The lowest BCUT2D eigenvalue weighted by Crippen LogP contribution is -2.34. The molecule has 1 heterocycles. The second-order valence-corrected chi connectivity index (χ2v) is 7.54. The Labute approximate surface area is 168 Å². The number of benzene rings is 2. The standard InChI is InChI=1S/C25H29NO2/c1-6-10-24(28-15-7-2)21-17-25(3,4)26-22-14-13-18(16-20(21)22)19-11-8-9-12-23(19)27-5/h6-9,11-14,16-17,24,26H,1-2,10,15H2,3-5H3. The Morgan fingerprint density at radius 3 is 2.57 bits per heavy atom. The molecule has 1 aliphatic rings. The first-order valence-corrected chi connectivity index (χ1v) is 9.61. The molecule has 28 heavy (non-hydrogen) atoms. The summed E-state index contributed by atoms with van der Waals surface area (Å²) in [6.07, 6.45) is 6.64. The van der Waals surface area contributed by atoms with Gasteiger partial charge in [0.2, 0.25) is 0 Å². The monoisotopic (exact) mass is 375 g/mol. The fourth-order valence-corrected chi connectivity index (χ4v) is 3.68. The van der Waals surface area contributed by atoms with E-state index in [4.69, 9.17) is 9.47 Å². The molecule has 0 saturated heterocycles. The highest BCUT2D eigenvalue weighted by Gasteiger charge is 2.29.